The van der Waals surface area contributed by atoms with Crippen molar-refractivity contribution in [3.05, 3.63) is 69.6 Å². The molecule has 3 rings (SSSR count). The van der Waals surface area contributed by atoms with Crippen LogP contribution in [0.2, 0.25) is 5.02 Å². The van der Waals surface area contributed by atoms with Gasteiger partial charge in [-0.2, -0.15) is 0 Å². The number of likely N-dealkylation sites (N-methyl/N-ethyl adjacent to an activating group) is 1. The Hall–Kier alpha value is -2.57. The smallest absolute Gasteiger partial charge is 0.335 e. The van der Waals surface area contributed by atoms with E-state index in [2.05, 4.69) is 4.99 Å². The van der Waals surface area contributed by atoms with Gasteiger partial charge in [0.1, 0.15) is 0 Å². The third-order valence-electron chi connectivity index (χ3n) is 3.74. The first-order valence-electron chi connectivity index (χ1n) is 7.87. The first-order valence-corrected chi connectivity index (χ1v) is 9.07. The van der Waals surface area contributed by atoms with E-state index in [0.29, 0.717) is 27.3 Å². The molecule has 1 saturated heterocycles. The second-order valence-electron chi connectivity index (χ2n) is 5.43. The zero-order valence-electron chi connectivity index (χ0n) is 13.8. The number of carboxylic acids is 1. The highest BCUT2D eigenvalue weighted by molar-refractivity contribution is 8.18. The Labute approximate surface area is 160 Å². The molecule has 0 saturated carbocycles. The Kier molecular flexibility index (Phi) is 5.44. The van der Waals surface area contributed by atoms with Crippen LogP contribution in [0.25, 0.3) is 6.08 Å². The van der Waals surface area contributed by atoms with Crippen molar-refractivity contribution >= 4 is 52.2 Å². The lowest BCUT2D eigenvalue weighted by molar-refractivity contribution is -0.122. The fraction of sp³-hybridized carbons (Fsp3) is 0.105. The van der Waals surface area contributed by atoms with Crippen molar-refractivity contribution in [2.24, 2.45) is 4.99 Å². The van der Waals surface area contributed by atoms with Gasteiger partial charge in [-0.1, -0.05) is 29.8 Å². The number of thioether (sulfide) groups is 1. The van der Waals surface area contributed by atoms with Crippen LogP contribution in [-0.4, -0.2) is 33.6 Å². The minimum Gasteiger partial charge on any atom is -0.478 e. The Morgan fingerprint density at radius 2 is 1.92 bits per heavy atom. The molecule has 132 valence electrons. The van der Waals surface area contributed by atoms with Gasteiger partial charge in [-0.15, -0.1) is 0 Å². The second-order valence-corrected chi connectivity index (χ2v) is 6.84. The number of aliphatic imine (C=N–C) groups is 1. The van der Waals surface area contributed by atoms with Crippen LogP contribution in [0.5, 0.6) is 0 Å². The monoisotopic (exact) mass is 386 g/mol. The van der Waals surface area contributed by atoms with Crippen LogP contribution in [0.4, 0.5) is 5.69 Å². The van der Waals surface area contributed by atoms with Crippen molar-refractivity contribution in [3.8, 4) is 0 Å². The predicted octanol–water partition coefficient (Wildman–Crippen LogP) is 4.66. The zero-order valence-corrected chi connectivity index (χ0v) is 15.4. The Bertz CT molecular complexity index is 923. The van der Waals surface area contributed by atoms with Crippen molar-refractivity contribution in [2.75, 3.05) is 6.54 Å². The fourth-order valence-electron chi connectivity index (χ4n) is 2.39. The number of amides is 1. The number of halogens is 1. The van der Waals surface area contributed by atoms with E-state index in [1.54, 1.807) is 29.2 Å². The van der Waals surface area contributed by atoms with Gasteiger partial charge in [0.2, 0.25) is 0 Å². The lowest BCUT2D eigenvalue weighted by Crippen LogP contribution is -2.28. The molecule has 1 aliphatic rings. The summed E-state index contributed by atoms with van der Waals surface area (Å²) in [4.78, 5) is 30.2. The number of benzene rings is 2. The summed E-state index contributed by atoms with van der Waals surface area (Å²) in [6.45, 7) is 2.36. The molecule has 1 N–H and O–H groups in total. The van der Waals surface area contributed by atoms with Gasteiger partial charge in [0.25, 0.3) is 5.91 Å². The molecule has 5 nitrogen and oxygen atoms in total. The maximum atomic E-state index is 12.6. The summed E-state index contributed by atoms with van der Waals surface area (Å²) in [5.74, 6) is -1.12. The van der Waals surface area contributed by atoms with Crippen molar-refractivity contribution < 1.29 is 14.7 Å². The van der Waals surface area contributed by atoms with E-state index in [4.69, 9.17) is 16.7 Å². The SMILES string of the molecule is CCN1C(=O)/C(=C\c2ccccc2Cl)SC1=Nc1ccc(C(=O)O)cc1. The van der Waals surface area contributed by atoms with Crippen LogP contribution in [0.15, 0.2) is 58.4 Å². The van der Waals surface area contributed by atoms with Crippen molar-refractivity contribution in [1.82, 2.24) is 4.90 Å². The summed E-state index contributed by atoms with van der Waals surface area (Å²) in [7, 11) is 0. The number of hydrogen-bond donors (Lipinski definition) is 1. The largest absolute Gasteiger partial charge is 0.478 e. The molecule has 0 aromatic heterocycles. The summed E-state index contributed by atoms with van der Waals surface area (Å²) >= 11 is 7.44. The zero-order chi connectivity index (χ0) is 18.7. The molecule has 1 amide bonds. The van der Waals surface area contributed by atoms with Gasteiger partial charge in [-0.05, 0) is 60.7 Å². The maximum Gasteiger partial charge on any atom is 0.335 e. The van der Waals surface area contributed by atoms with Crippen LogP contribution >= 0.6 is 23.4 Å². The van der Waals surface area contributed by atoms with Crippen molar-refractivity contribution in [3.63, 3.8) is 0 Å². The first kappa shape index (κ1) is 18.2. The second kappa shape index (κ2) is 7.76. The lowest BCUT2D eigenvalue weighted by Gasteiger charge is -2.12. The summed E-state index contributed by atoms with van der Waals surface area (Å²) < 4.78 is 0. The number of amidine groups is 1. The highest BCUT2D eigenvalue weighted by Crippen LogP contribution is 2.34. The highest BCUT2D eigenvalue weighted by atomic mass is 35.5. The summed E-state index contributed by atoms with van der Waals surface area (Å²) in [5.41, 5.74) is 1.55. The van der Waals surface area contributed by atoms with Gasteiger partial charge < -0.3 is 5.11 Å². The van der Waals surface area contributed by atoms with E-state index >= 15 is 0 Å². The van der Waals surface area contributed by atoms with Crippen LogP contribution in [0.3, 0.4) is 0 Å². The molecule has 1 aliphatic heterocycles. The minimum atomic E-state index is -0.991. The molecule has 1 heterocycles. The fourth-order valence-corrected chi connectivity index (χ4v) is 3.64. The average Bonchev–Trinajstić information content (AvgIpc) is 2.92. The average molecular weight is 387 g/mol. The van der Waals surface area contributed by atoms with E-state index in [1.165, 1.54) is 23.9 Å². The van der Waals surface area contributed by atoms with Crippen LogP contribution in [-0.2, 0) is 4.79 Å². The number of carboxylic acid groups (broad SMARTS) is 1. The number of nitrogens with zero attached hydrogens (tertiary/aromatic N) is 2. The third kappa shape index (κ3) is 3.81. The molecule has 26 heavy (non-hydrogen) atoms. The van der Waals surface area contributed by atoms with Gasteiger partial charge in [-0.3, -0.25) is 9.69 Å². The van der Waals surface area contributed by atoms with Gasteiger partial charge in [-0.25, -0.2) is 9.79 Å². The summed E-state index contributed by atoms with van der Waals surface area (Å²) in [6, 6.07) is 13.5. The standard InChI is InChI=1S/C19H15ClN2O3S/c1-2-22-17(23)16(11-13-5-3-4-6-15(13)20)26-19(22)21-14-9-7-12(8-10-14)18(24)25/h3-11H,2H2,1H3,(H,24,25)/b16-11+,21-19?. The summed E-state index contributed by atoms with van der Waals surface area (Å²) in [5, 5.41) is 10.1. The number of carbonyl (C=O) groups is 2. The van der Waals surface area contributed by atoms with Gasteiger partial charge >= 0.3 is 5.97 Å². The number of aromatic carboxylic acids is 1. The van der Waals surface area contributed by atoms with Crippen molar-refractivity contribution in [1.29, 1.82) is 0 Å². The van der Waals surface area contributed by atoms with Crippen molar-refractivity contribution in [2.45, 2.75) is 6.92 Å². The Balaban J connectivity index is 1.92. The minimum absolute atomic E-state index is 0.127. The summed E-state index contributed by atoms with van der Waals surface area (Å²) in [6.07, 6.45) is 1.76. The molecule has 2 aromatic carbocycles. The molecule has 0 unspecified atom stereocenters. The topological polar surface area (TPSA) is 70.0 Å². The lowest BCUT2D eigenvalue weighted by atomic mass is 10.2. The molecule has 2 aromatic rings. The number of hydrogen-bond acceptors (Lipinski definition) is 4. The van der Waals surface area contributed by atoms with Gasteiger partial charge in [0.15, 0.2) is 5.17 Å². The quantitative estimate of drug-likeness (QED) is 0.775. The molecule has 0 aliphatic carbocycles. The molecule has 0 spiro atoms. The number of rotatable bonds is 4. The van der Waals surface area contributed by atoms with Gasteiger partial charge in [0, 0.05) is 11.6 Å². The molecule has 1 fully saturated rings. The van der Waals surface area contributed by atoms with Crippen LogP contribution < -0.4 is 0 Å². The number of carbonyl (C=O) groups excluding carboxylic acids is 1. The molecule has 0 atom stereocenters. The van der Waals surface area contributed by atoms with E-state index in [9.17, 15) is 9.59 Å². The molecule has 7 heteroatoms. The van der Waals surface area contributed by atoms with Crippen LogP contribution in [0, 0.1) is 0 Å². The predicted molar refractivity (Wildman–Crippen MR) is 105 cm³/mol. The van der Waals surface area contributed by atoms with Gasteiger partial charge in [0.05, 0.1) is 16.2 Å². The molecular formula is C19H15ClN2O3S. The molecular weight excluding hydrogens is 372 g/mol. The Morgan fingerprint density at radius 3 is 2.54 bits per heavy atom. The van der Waals surface area contributed by atoms with E-state index in [0.717, 1.165) is 5.56 Å². The van der Waals surface area contributed by atoms with Crippen LogP contribution in [0.1, 0.15) is 22.8 Å². The van der Waals surface area contributed by atoms with E-state index in [-0.39, 0.29) is 11.5 Å². The highest BCUT2D eigenvalue weighted by Gasteiger charge is 2.32. The van der Waals surface area contributed by atoms with E-state index in [1.807, 2.05) is 25.1 Å². The first-order chi connectivity index (χ1) is 12.5. The maximum absolute atomic E-state index is 12.6. The molecule has 0 bridgehead atoms. The normalized spacial score (nSPS) is 17.3. The Morgan fingerprint density at radius 1 is 1.23 bits per heavy atom. The molecule has 0 radical (unpaired) electrons. The third-order valence-corrected chi connectivity index (χ3v) is 5.09. The van der Waals surface area contributed by atoms with E-state index < -0.39 is 5.97 Å².